The highest BCUT2D eigenvalue weighted by molar-refractivity contribution is 8.00. The van der Waals surface area contributed by atoms with Crippen LogP contribution in [0.4, 0.5) is 13.2 Å². The SMILES string of the molecule is CCC(Sc1ccccc1C(F)(F)F)C(=O)O. The molecule has 0 saturated heterocycles. The lowest BCUT2D eigenvalue weighted by Gasteiger charge is -2.15. The molecule has 1 N–H and O–H groups in total. The van der Waals surface area contributed by atoms with E-state index >= 15 is 0 Å². The standard InChI is InChI=1S/C11H11F3O2S/c1-2-8(10(15)16)17-9-6-4-3-5-7(9)11(12,13)14/h3-6,8H,2H2,1H3,(H,15,16). The van der Waals surface area contributed by atoms with E-state index < -0.39 is 23.0 Å². The minimum Gasteiger partial charge on any atom is -0.480 e. The van der Waals surface area contributed by atoms with Crippen LogP contribution in [0, 0.1) is 0 Å². The highest BCUT2D eigenvalue weighted by Crippen LogP contribution is 2.38. The molecular formula is C11H11F3O2S. The number of hydrogen-bond donors (Lipinski definition) is 1. The molecule has 0 radical (unpaired) electrons. The number of carboxylic acid groups (broad SMARTS) is 1. The minimum absolute atomic E-state index is 0.0470. The summed E-state index contributed by atoms with van der Waals surface area (Å²) < 4.78 is 37.9. The smallest absolute Gasteiger partial charge is 0.417 e. The van der Waals surface area contributed by atoms with Gasteiger partial charge in [-0.15, -0.1) is 11.8 Å². The summed E-state index contributed by atoms with van der Waals surface area (Å²) in [7, 11) is 0. The normalized spacial score (nSPS) is 13.4. The fourth-order valence-corrected chi connectivity index (χ4v) is 2.31. The highest BCUT2D eigenvalue weighted by atomic mass is 32.2. The van der Waals surface area contributed by atoms with Crippen molar-refractivity contribution in [2.45, 2.75) is 29.7 Å². The predicted molar refractivity (Wildman–Crippen MR) is 59.0 cm³/mol. The van der Waals surface area contributed by atoms with Crippen molar-refractivity contribution in [1.82, 2.24) is 0 Å². The molecule has 1 rings (SSSR count). The van der Waals surface area contributed by atoms with Crippen LogP contribution < -0.4 is 0 Å². The van der Waals surface area contributed by atoms with Gasteiger partial charge in [-0.1, -0.05) is 19.1 Å². The van der Waals surface area contributed by atoms with Gasteiger partial charge in [-0.2, -0.15) is 13.2 Å². The van der Waals surface area contributed by atoms with Crippen LogP contribution in [0.2, 0.25) is 0 Å². The van der Waals surface area contributed by atoms with Gasteiger partial charge in [0.2, 0.25) is 0 Å². The van der Waals surface area contributed by atoms with Crippen LogP contribution in [0.5, 0.6) is 0 Å². The number of halogens is 3. The zero-order valence-electron chi connectivity index (χ0n) is 8.99. The number of carboxylic acids is 1. The van der Waals surface area contributed by atoms with E-state index in [0.717, 1.165) is 17.8 Å². The summed E-state index contributed by atoms with van der Waals surface area (Å²) in [5, 5.41) is 7.96. The summed E-state index contributed by atoms with van der Waals surface area (Å²) in [4.78, 5) is 10.7. The molecule has 0 spiro atoms. The van der Waals surface area contributed by atoms with Gasteiger partial charge >= 0.3 is 12.1 Å². The van der Waals surface area contributed by atoms with Gasteiger partial charge in [0.25, 0.3) is 0 Å². The van der Waals surface area contributed by atoms with E-state index in [9.17, 15) is 18.0 Å². The Morgan fingerprint density at radius 2 is 2.00 bits per heavy atom. The van der Waals surface area contributed by atoms with E-state index in [2.05, 4.69) is 0 Å². The Kier molecular flexibility index (Phi) is 4.45. The Morgan fingerprint density at radius 1 is 1.41 bits per heavy atom. The molecule has 6 heteroatoms. The van der Waals surface area contributed by atoms with E-state index in [1.54, 1.807) is 6.92 Å². The van der Waals surface area contributed by atoms with Crippen LogP contribution in [0.25, 0.3) is 0 Å². The largest absolute Gasteiger partial charge is 0.480 e. The van der Waals surface area contributed by atoms with E-state index in [0.29, 0.717) is 0 Å². The molecule has 2 nitrogen and oxygen atoms in total. The molecule has 0 aliphatic heterocycles. The number of rotatable bonds is 4. The maximum atomic E-state index is 12.6. The topological polar surface area (TPSA) is 37.3 Å². The van der Waals surface area contributed by atoms with Gasteiger partial charge in [0.15, 0.2) is 0 Å². The Bertz CT molecular complexity index is 404. The zero-order chi connectivity index (χ0) is 13.1. The molecule has 0 bridgehead atoms. The Balaban J connectivity index is 3.02. The average Bonchev–Trinajstić information content (AvgIpc) is 2.24. The van der Waals surface area contributed by atoms with Gasteiger partial charge in [-0.05, 0) is 18.6 Å². The van der Waals surface area contributed by atoms with Crippen molar-refractivity contribution in [3.8, 4) is 0 Å². The van der Waals surface area contributed by atoms with Crippen LogP contribution in [-0.4, -0.2) is 16.3 Å². The molecule has 1 atom stereocenters. The molecule has 94 valence electrons. The maximum absolute atomic E-state index is 12.6. The number of benzene rings is 1. The van der Waals surface area contributed by atoms with Crippen molar-refractivity contribution in [3.63, 3.8) is 0 Å². The molecule has 1 aromatic carbocycles. The van der Waals surface area contributed by atoms with Crippen molar-refractivity contribution in [2.24, 2.45) is 0 Å². The average molecular weight is 264 g/mol. The van der Waals surface area contributed by atoms with E-state index in [1.165, 1.54) is 18.2 Å². The monoisotopic (exact) mass is 264 g/mol. The molecule has 0 saturated carbocycles. The molecule has 17 heavy (non-hydrogen) atoms. The quantitative estimate of drug-likeness (QED) is 0.843. The van der Waals surface area contributed by atoms with Crippen LogP contribution >= 0.6 is 11.8 Å². The van der Waals surface area contributed by atoms with Crippen LogP contribution in [-0.2, 0) is 11.0 Å². The number of aliphatic carboxylic acids is 1. The molecule has 0 fully saturated rings. The minimum atomic E-state index is -4.46. The molecule has 0 heterocycles. The lowest BCUT2D eigenvalue weighted by molar-refractivity contribution is -0.140. The maximum Gasteiger partial charge on any atom is 0.417 e. The van der Waals surface area contributed by atoms with Crippen molar-refractivity contribution in [1.29, 1.82) is 0 Å². The van der Waals surface area contributed by atoms with Gasteiger partial charge < -0.3 is 5.11 Å². The summed E-state index contributed by atoms with van der Waals surface area (Å²) in [6.45, 7) is 1.63. The number of carbonyl (C=O) groups is 1. The van der Waals surface area contributed by atoms with Crippen molar-refractivity contribution >= 4 is 17.7 Å². The Labute approximate surface area is 101 Å². The van der Waals surface area contributed by atoms with Gasteiger partial charge in [-0.3, -0.25) is 4.79 Å². The fraction of sp³-hybridized carbons (Fsp3) is 0.364. The highest BCUT2D eigenvalue weighted by Gasteiger charge is 2.34. The van der Waals surface area contributed by atoms with E-state index in [1.807, 2.05) is 0 Å². The summed E-state index contributed by atoms with van der Waals surface area (Å²) >= 11 is 0.731. The first-order valence-electron chi connectivity index (χ1n) is 4.92. The zero-order valence-corrected chi connectivity index (χ0v) is 9.81. The van der Waals surface area contributed by atoms with Gasteiger partial charge in [0.05, 0.1) is 5.56 Å². The second-order valence-corrected chi connectivity index (χ2v) is 4.59. The van der Waals surface area contributed by atoms with Crippen molar-refractivity contribution < 1.29 is 23.1 Å². The van der Waals surface area contributed by atoms with Crippen molar-refractivity contribution in [3.05, 3.63) is 29.8 Å². The number of hydrogen-bond acceptors (Lipinski definition) is 2. The summed E-state index contributed by atoms with van der Waals surface area (Å²) in [5.41, 5.74) is -0.787. The fourth-order valence-electron chi connectivity index (χ4n) is 1.27. The number of alkyl halides is 3. The Hall–Kier alpha value is -1.17. The number of thioether (sulfide) groups is 1. The third-order valence-electron chi connectivity index (χ3n) is 2.11. The molecule has 1 aromatic rings. The van der Waals surface area contributed by atoms with Gasteiger partial charge in [0, 0.05) is 4.90 Å². The molecule has 0 amide bonds. The molecule has 0 aliphatic carbocycles. The molecule has 0 aromatic heterocycles. The molecular weight excluding hydrogens is 253 g/mol. The van der Waals surface area contributed by atoms with Gasteiger partial charge in [0.1, 0.15) is 5.25 Å². The third kappa shape index (κ3) is 3.66. The van der Waals surface area contributed by atoms with Gasteiger partial charge in [-0.25, -0.2) is 0 Å². The molecule has 0 aliphatic rings. The van der Waals surface area contributed by atoms with E-state index in [-0.39, 0.29) is 11.3 Å². The lowest BCUT2D eigenvalue weighted by atomic mass is 10.2. The van der Waals surface area contributed by atoms with Crippen LogP contribution in [0.3, 0.4) is 0 Å². The summed E-state index contributed by atoms with van der Waals surface area (Å²) in [6, 6.07) is 5.00. The Morgan fingerprint density at radius 3 is 2.47 bits per heavy atom. The van der Waals surface area contributed by atoms with Crippen LogP contribution in [0.1, 0.15) is 18.9 Å². The second-order valence-electron chi connectivity index (χ2n) is 3.35. The van der Waals surface area contributed by atoms with Crippen LogP contribution in [0.15, 0.2) is 29.2 Å². The van der Waals surface area contributed by atoms with E-state index in [4.69, 9.17) is 5.11 Å². The molecule has 1 unspecified atom stereocenters. The first kappa shape index (κ1) is 13.9. The predicted octanol–water partition coefficient (Wildman–Crippen LogP) is 3.66. The second kappa shape index (κ2) is 5.44. The summed E-state index contributed by atoms with van der Waals surface area (Å²) in [6.07, 6.45) is -4.19. The summed E-state index contributed by atoms with van der Waals surface area (Å²) in [5.74, 6) is -1.10. The third-order valence-corrected chi connectivity index (χ3v) is 3.54. The lowest BCUT2D eigenvalue weighted by Crippen LogP contribution is -2.16. The first-order chi connectivity index (χ1) is 7.86. The van der Waals surface area contributed by atoms with Crippen molar-refractivity contribution in [2.75, 3.05) is 0 Å². The first-order valence-corrected chi connectivity index (χ1v) is 5.80.